The Labute approximate surface area is 544 Å². The molecule has 1 amide bonds. The number of aliphatic imine (C=N–C) groups is 3. The molecule has 10 nitrogen and oxygen atoms in total. The number of nitrogens with one attached hydrogen (secondary N) is 1. The molecule has 0 aromatic carbocycles. The first kappa shape index (κ1) is 83.0. The second-order valence-electron chi connectivity index (χ2n) is 23.6. The van der Waals surface area contributed by atoms with Crippen LogP contribution in [0.2, 0.25) is 0 Å². The summed E-state index contributed by atoms with van der Waals surface area (Å²) in [5.74, 6) is -127. The zero-order valence-corrected chi connectivity index (χ0v) is 51.3. The lowest BCUT2D eigenvalue weighted by Gasteiger charge is -2.43. The molecule has 5 aliphatic heterocycles. The summed E-state index contributed by atoms with van der Waals surface area (Å²) >= 11 is 0. The van der Waals surface area contributed by atoms with Crippen LogP contribution < -0.4 is 5.32 Å². The first-order valence-electron chi connectivity index (χ1n) is 28.7. The lowest BCUT2D eigenvalue weighted by molar-refractivity contribution is -0.461. The standard InChI is InChI=1S/C57H49F34N5O5/c1-6-26-22(2)31-19-35-29(21-97)24(4)30(93-35)18-32-23(3)27(40(94-32)28-17-36(98)39-25(5)33(95-41(28)39)20-34(26)92-31)9-7-16-101-38(100)11-15-96(14-8-12-42(58,59)44(62,63)46(66,67)48(70,71)50(74,75)52(78,79)54(82,83)56(86,87)88)37(99)10-13-43(60,61)45(64,65)47(68,69)49(72,73)51(76,77)53(80,81)55(84,85)57(89,90)91/h18-20,23,27,94,97-98H,6-17,21H2,1-5H3/t23-,27-/m0/s1. The Kier molecular flexibility index (Phi) is 21.6. The van der Waals surface area contributed by atoms with Gasteiger partial charge in [-0.25, -0.2) is 15.0 Å². The molecular formula is C57H49F34N5O5. The molecule has 570 valence electrons. The molecule has 5 heterocycles. The van der Waals surface area contributed by atoms with Crippen molar-refractivity contribution in [3.63, 3.8) is 0 Å². The summed E-state index contributed by atoms with van der Waals surface area (Å²) in [4.78, 5) is 40.1. The second-order valence-corrected chi connectivity index (χ2v) is 23.6. The van der Waals surface area contributed by atoms with E-state index >= 15 is 0 Å². The van der Waals surface area contributed by atoms with E-state index in [0.717, 1.165) is 11.1 Å². The van der Waals surface area contributed by atoms with Gasteiger partial charge >= 0.3 is 101 Å². The SMILES string of the molecule is CCC1=C(C)C2=NC1=CC1=C(C)C3=C(O)CC(=C4NC(=CC5=NC(=C2)C(CO)=C5C)[C@@H](C)[C@@H]4CCCOC(=O)CCN(CCCC(F)(F)C(F)(F)C(F)(F)C(F)(F)C(F)(F)C(F)(F)C(F)(F)C(F)(F)F)C(=O)CCC(F)(F)C(F)(F)C(F)(F)C(F)(F)C(F)(F)C(F)(F)C(F)(F)C(F)(F)F)C3=N1. The molecular weight excluding hydrogens is 1480 g/mol. The minimum absolute atomic E-state index is 0.0712. The third-order valence-electron chi connectivity index (χ3n) is 17.3. The lowest BCUT2D eigenvalue weighted by atomic mass is 9.86. The van der Waals surface area contributed by atoms with Crippen molar-refractivity contribution in [3.05, 3.63) is 91.5 Å². The van der Waals surface area contributed by atoms with E-state index in [1.165, 1.54) is 0 Å². The van der Waals surface area contributed by atoms with Crippen molar-refractivity contribution in [2.24, 2.45) is 26.8 Å². The number of halogens is 34. The minimum Gasteiger partial charge on any atom is -0.511 e. The summed E-state index contributed by atoms with van der Waals surface area (Å²) in [5, 5.41) is 25.2. The van der Waals surface area contributed by atoms with Gasteiger partial charge in [0, 0.05) is 78.7 Å². The van der Waals surface area contributed by atoms with Gasteiger partial charge in [-0.05, 0) is 87.0 Å². The van der Waals surface area contributed by atoms with E-state index in [1.807, 2.05) is 13.8 Å². The molecule has 44 heteroatoms. The summed E-state index contributed by atoms with van der Waals surface area (Å²) in [6.07, 6.45) is -25.4. The van der Waals surface area contributed by atoms with Crippen LogP contribution >= 0.6 is 0 Å². The molecule has 1 saturated heterocycles. The van der Waals surface area contributed by atoms with Crippen molar-refractivity contribution >= 4 is 29.0 Å². The predicted molar refractivity (Wildman–Crippen MR) is 280 cm³/mol. The number of aliphatic hydroxyl groups excluding tert-OH is 2. The molecule has 3 N–H and O–H groups in total. The average Bonchev–Trinajstić information content (AvgIpc) is 1.69. The van der Waals surface area contributed by atoms with E-state index in [1.54, 1.807) is 39.0 Å². The molecule has 8 bridgehead atoms. The zero-order valence-electron chi connectivity index (χ0n) is 51.3. The Bertz CT molecular complexity index is 3690. The Balaban J connectivity index is 1.27. The quantitative estimate of drug-likeness (QED) is 0.0405. The first-order valence-corrected chi connectivity index (χ1v) is 28.7. The highest BCUT2D eigenvalue weighted by atomic mass is 19.4. The number of nitrogens with zero attached hydrogens (tertiary/aromatic N) is 4. The number of ether oxygens (including phenoxy) is 1. The number of carbonyl (C=O) groups is 2. The van der Waals surface area contributed by atoms with E-state index in [-0.39, 0.29) is 25.0 Å². The molecule has 0 saturated carbocycles. The van der Waals surface area contributed by atoms with E-state index in [2.05, 4.69) is 5.32 Å². The molecule has 101 heavy (non-hydrogen) atoms. The van der Waals surface area contributed by atoms with Crippen molar-refractivity contribution in [3.8, 4) is 0 Å². The monoisotopic (exact) mass is 1530 g/mol. The predicted octanol–water partition coefficient (Wildman–Crippen LogP) is 17.8. The first-order chi connectivity index (χ1) is 45.3. The number of esters is 1. The number of hydrogen-bond donors (Lipinski definition) is 3. The molecule has 1 fully saturated rings. The highest BCUT2D eigenvalue weighted by Gasteiger charge is 2.97. The van der Waals surface area contributed by atoms with Gasteiger partial charge in [0.05, 0.1) is 53.9 Å². The fraction of sp³-hybridized carbons (Fsp3) is 0.632. The second kappa shape index (κ2) is 26.3. The third-order valence-corrected chi connectivity index (χ3v) is 17.3. The van der Waals surface area contributed by atoms with Crippen LogP contribution in [0.25, 0.3) is 0 Å². The van der Waals surface area contributed by atoms with E-state index in [9.17, 15) is 169 Å². The fourth-order valence-electron chi connectivity index (χ4n) is 11.1. The van der Waals surface area contributed by atoms with Gasteiger partial charge in [-0.3, -0.25) is 9.59 Å². The van der Waals surface area contributed by atoms with Crippen molar-refractivity contribution in [2.75, 3.05) is 26.3 Å². The zero-order chi connectivity index (χ0) is 78.0. The van der Waals surface area contributed by atoms with E-state index in [4.69, 9.17) is 19.7 Å². The number of alkyl halides is 34. The van der Waals surface area contributed by atoms with Crippen LogP contribution in [0, 0.1) is 11.8 Å². The molecule has 6 aliphatic rings. The van der Waals surface area contributed by atoms with Gasteiger partial charge in [-0.15, -0.1) is 0 Å². The van der Waals surface area contributed by atoms with Crippen molar-refractivity contribution < 1.29 is 174 Å². The van der Waals surface area contributed by atoms with Crippen LogP contribution in [0.3, 0.4) is 0 Å². The van der Waals surface area contributed by atoms with Gasteiger partial charge in [0.2, 0.25) is 5.91 Å². The molecule has 0 aromatic heterocycles. The third kappa shape index (κ3) is 13.0. The van der Waals surface area contributed by atoms with Gasteiger partial charge in [0.25, 0.3) is 0 Å². The number of amides is 1. The Hall–Kier alpha value is -6.95. The van der Waals surface area contributed by atoms with Gasteiger partial charge in [-0.1, -0.05) is 13.8 Å². The van der Waals surface area contributed by atoms with Crippen LogP contribution in [-0.4, -0.2) is 166 Å². The maximum absolute atomic E-state index is 15.0. The van der Waals surface area contributed by atoms with Crippen LogP contribution in [-0.2, 0) is 14.3 Å². The van der Waals surface area contributed by atoms with Crippen molar-refractivity contribution in [2.45, 2.75) is 188 Å². The van der Waals surface area contributed by atoms with Gasteiger partial charge in [0.15, 0.2) is 0 Å². The molecule has 6 rings (SSSR count). The molecule has 0 aromatic rings. The van der Waals surface area contributed by atoms with Crippen molar-refractivity contribution in [1.29, 1.82) is 0 Å². The summed E-state index contributed by atoms with van der Waals surface area (Å²) < 4.78 is 480. The van der Waals surface area contributed by atoms with E-state index < -0.39 is 182 Å². The molecule has 0 unspecified atom stereocenters. The van der Waals surface area contributed by atoms with Crippen LogP contribution in [0.4, 0.5) is 149 Å². The number of fused-ring (bicyclic) bond motifs is 5. The number of rotatable bonds is 28. The number of aliphatic hydroxyl groups is 2. The Morgan fingerprint density at radius 2 is 0.960 bits per heavy atom. The molecule has 2 atom stereocenters. The van der Waals surface area contributed by atoms with Crippen molar-refractivity contribution in [1.82, 2.24) is 10.2 Å². The highest BCUT2D eigenvalue weighted by Crippen LogP contribution is 2.67. The molecule has 0 spiro atoms. The average molecular weight is 1530 g/mol. The smallest absolute Gasteiger partial charge is 0.460 e. The topological polar surface area (TPSA) is 136 Å². The van der Waals surface area contributed by atoms with Gasteiger partial charge < -0.3 is 25.2 Å². The molecule has 1 aliphatic carbocycles. The molecule has 0 radical (unpaired) electrons. The minimum atomic E-state index is -9.16. The van der Waals surface area contributed by atoms with Crippen LogP contribution in [0.1, 0.15) is 92.4 Å². The van der Waals surface area contributed by atoms with Gasteiger partial charge in [0.1, 0.15) is 5.76 Å². The fourth-order valence-corrected chi connectivity index (χ4v) is 11.1. The largest absolute Gasteiger partial charge is 0.511 e. The Morgan fingerprint density at radius 1 is 0.535 bits per heavy atom. The van der Waals surface area contributed by atoms with Crippen LogP contribution in [0.5, 0.6) is 0 Å². The lowest BCUT2D eigenvalue weighted by Crippen LogP contribution is -2.74. The number of hydrogen-bond acceptors (Lipinski definition) is 9. The highest BCUT2D eigenvalue weighted by molar-refractivity contribution is 6.21. The summed E-state index contributed by atoms with van der Waals surface area (Å²) in [6, 6.07) is 0. The number of allylic oxidation sites excluding steroid dienone is 11. The summed E-state index contributed by atoms with van der Waals surface area (Å²) in [5.41, 5.74) is 7.02. The summed E-state index contributed by atoms with van der Waals surface area (Å²) in [6.45, 7) is 3.38. The maximum atomic E-state index is 15.0. The summed E-state index contributed by atoms with van der Waals surface area (Å²) in [7, 11) is 0. The van der Waals surface area contributed by atoms with Crippen LogP contribution in [0.15, 0.2) is 106 Å². The normalized spacial score (nSPS) is 20.1. The van der Waals surface area contributed by atoms with E-state index in [0.29, 0.717) is 79.9 Å². The number of carbonyl (C=O) groups excluding carboxylic acids is 2. The Morgan fingerprint density at radius 3 is 1.42 bits per heavy atom. The van der Waals surface area contributed by atoms with Gasteiger partial charge in [-0.2, -0.15) is 149 Å². The maximum Gasteiger partial charge on any atom is 0.460 e.